The highest BCUT2D eigenvalue weighted by Crippen LogP contribution is 2.40. The van der Waals surface area contributed by atoms with Gasteiger partial charge >= 0.3 is 5.97 Å². The fraction of sp³-hybridized carbons (Fsp3) is 0.185. The second-order valence-corrected chi connectivity index (χ2v) is 9.40. The van der Waals surface area contributed by atoms with Gasteiger partial charge in [-0.25, -0.2) is 9.78 Å². The van der Waals surface area contributed by atoms with Crippen molar-refractivity contribution in [1.29, 1.82) is 0 Å². The number of benzene rings is 2. The van der Waals surface area contributed by atoms with E-state index in [0.717, 1.165) is 32.4 Å². The zero-order chi connectivity index (χ0) is 24.5. The van der Waals surface area contributed by atoms with E-state index >= 15 is 0 Å². The van der Waals surface area contributed by atoms with E-state index in [1.807, 2.05) is 55.5 Å². The van der Waals surface area contributed by atoms with E-state index < -0.39 is 12.1 Å². The van der Waals surface area contributed by atoms with Gasteiger partial charge in [-0.3, -0.25) is 9.78 Å². The molecule has 0 fully saturated rings. The molecular weight excluding hydrogens is 462 g/mol. The predicted octanol–water partition coefficient (Wildman–Crippen LogP) is 5.28. The van der Waals surface area contributed by atoms with E-state index in [1.165, 1.54) is 7.11 Å². The number of anilines is 1. The average molecular weight is 486 g/mol. The molecule has 0 saturated carbocycles. The number of methoxy groups -OCH3 is 1. The van der Waals surface area contributed by atoms with Crippen LogP contribution in [0.1, 0.15) is 27.7 Å². The number of fused-ring (bicyclic) bond motifs is 1. The Kier molecular flexibility index (Phi) is 6.05. The third kappa shape index (κ3) is 4.40. The SMILES string of the molecule is COC(=O)c1ccc(CN2C(=O)C(C)Oc3ccc(-c4nc(-c5ccccn5)sc4C)cc32)cc1. The minimum Gasteiger partial charge on any atom is -0.479 e. The number of hydrogen-bond donors (Lipinski definition) is 0. The fourth-order valence-electron chi connectivity index (χ4n) is 4.03. The molecule has 4 aromatic rings. The second kappa shape index (κ2) is 9.31. The van der Waals surface area contributed by atoms with Crippen molar-refractivity contribution in [1.82, 2.24) is 9.97 Å². The number of amides is 1. The van der Waals surface area contributed by atoms with Crippen LogP contribution in [0, 0.1) is 6.92 Å². The molecule has 1 aliphatic rings. The first-order chi connectivity index (χ1) is 16.9. The maximum atomic E-state index is 13.1. The lowest BCUT2D eigenvalue weighted by Gasteiger charge is -2.33. The molecule has 0 bridgehead atoms. The van der Waals surface area contributed by atoms with Crippen molar-refractivity contribution in [3.05, 3.63) is 82.9 Å². The molecule has 0 radical (unpaired) electrons. The van der Waals surface area contributed by atoms with Gasteiger partial charge in [0, 0.05) is 16.6 Å². The summed E-state index contributed by atoms with van der Waals surface area (Å²) in [6.07, 6.45) is 1.16. The van der Waals surface area contributed by atoms with Crippen molar-refractivity contribution in [2.75, 3.05) is 12.0 Å². The molecule has 2 aromatic carbocycles. The number of aryl methyl sites for hydroxylation is 1. The van der Waals surface area contributed by atoms with Crippen molar-refractivity contribution < 1.29 is 19.1 Å². The number of carbonyl (C=O) groups excluding carboxylic acids is 2. The molecule has 1 amide bonds. The standard InChI is InChI=1S/C27H23N3O4S/c1-16-26(31)30(15-18-7-9-19(10-8-18)27(32)33-3)22-14-20(11-12-23(22)34-16)24-17(2)35-25(29-24)21-6-4-5-13-28-21/h4-14,16H,15H2,1-3H3. The number of ether oxygens (including phenoxy) is 2. The number of esters is 1. The van der Waals surface area contributed by atoms with E-state index in [-0.39, 0.29) is 5.91 Å². The summed E-state index contributed by atoms with van der Waals surface area (Å²) in [7, 11) is 1.35. The van der Waals surface area contributed by atoms with Gasteiger partial charge in [0.05, 0.1) is 36.3 Å². The lowest BCUT2D eigenvalue weighted by molar-refractivity contribution is -0.125. The van der Waals surface area contributed by atoms with E-state index in [9.17, 15) is 9.59 Å². The van der Waals surface area contributed by atoms with Gasteiger partial charge in [0.2, 0.25) is 0 Å². The average Bonchev–Trinajstić information content (AvgIpc) is 3.28. The summed E-state index contributed by atoms with van der Waals surface area (Å²) in [5.74, 6) is 0.118. The van der Waals surface area contributed by atoms with Crippen LogP contribution in [0.5, 0.6) is 5.75 Å². The smallest absolute Gasteiger partial charge is 0.337 e. The molecule has 0 spiro atoms. The molecule has 35 heavy (non-hydrogen) atoms. The third-order valence-corrected chi connectivity index (χ3v) is 6.83. The van der Waals surface area contributed by atoms with Crippen LogP contribution < -0.4 is 9.64 Å². The summed E-state index contributed by atoms with van der Waals surface area (Å²) in [4.78, 5) is 36.9. The third-order valence-electron chi connectivity index (χ3n) is 5.84. The topological polar surface area (TPSA) is 81.6 Å². The van der Waals surface area contributed by atoms with Crippen LogP contribution in [0.15, 0.2) is 66.9 Å². The molecule has 0 saturated heterocycles. The first-order valence-corrected chi connectivity index (χ1v) is 11.9. The Morgan fingerprint density at radius 2 is 1.94 bits per heavy atom. The van der Waals surface area contributed by atoms with E-state index in [4.69, 9.17) is 14.5 Å². The van der Waals surface area contributed by atoms with Crippen LogP contribution in [-0.2, 0) is 16.1 Å². The number of thiazole rings is 1. The van der Waals surface area contributed by atoms with Crippen molar-refractivity contribution in [3.63, 3.8) is 0 Å². The molecule has 7 nitrogen and oxygen atoms in total. The van der Waals surface area contributed by atoms with Gasteiger partial charge < -0.3 is 14.4 Å². The number of hydrogen-bond acceptors (Lipinski definition) is 7. The molecule has 0 N–H and O–H groups in total. The van der Waals surface area contributed by atoms with Gasteiger partial charge in [0.25, 0.3) is 5.91 Å². The number of aromatic nitrogens is 2. The van der Waals surface area contributed by atoms with Gasteiger partial charge in [-0.15, -0.1) is 11.3 Å². The van der Waals surface area contributed by atoms with Crippen molar-refractivity contribution in [2.24, 2.45) is 0 Å². The molecule has 8 heteroatoms. The molecule has 1 unspecified atom stereocenters. The summed E-state index contributed by atoms with van der Waals surface area (Å²) in [5, 5.41) is 0.847. The molecule has 2 aromatic heterocycles. The van der Waals surface area contributed by atoms with Crippen LogP contribution in [0.4, 0.5) is 5.69 Å². The Morgan fingerprint density at radius 1 is 1.14 bits per heavy atom. The molecule has 176 valence electrons. The number of nitrogens with zero attached hydrogens (tertiary/aromatic N) is 3. The largest absolute Gasteiger partial charge is 0.479 e. The van der Waals surface area contributed by atoms with Crippen LogP contribution in [0.2, 0.25) is 0 Å². The summed E-state index contributed by atoms with van der Waals surface area (Å²) in [6.45, 7) is 4.12. The molecule has 1 atom stereocenters. The fourth-order valence-corrected chi connectivity index (χ4v) is 4.94. The summed E-state index contributed by atoms with van der Waals surface area (Å²) in [6, 6.07) is 18.6. The Bertz CT molecular complexity index is 1400. The van der Waals surface area contributed by atoms with Gasteiger partial charge in [0.15, 0.2) is 6.10 Å². The lowest BCUT2D eigenvalue weighted by atomic mass is 10.1. The maximum absolute atomic E-state index is 13.1. The minimum atomic E-state index is -0.598. The van der Waals surface area contributed by atoms with Crippen LogP contribution >= 0.6 is 11.3 Å². The lowest BCUT2D eigenvalue weighted by Crippen LogP contribution is -2.44. The Hall–Kier alpha value is -4.04. The highest BCUT2D eigenvalue weighted by molar-refractivity contribution is 7.15. The van der Waals surface area contributed by atoms with Crippen LogP contribution in [0.3, 0.4) is 0 Å². The highest BCUT2D eigenvalue weighted by Gasteiger charge is 2.32. The zero-order valence-electron chi connectivity index (χ0n) is 19.5. The zero-order valence-corrected chi connectivity index (χ0v) is 20.3. The molecular formula is C27H23N3O4S. The second-order valence-electron chi connectivity index (χ2n) is 8.19. The van der Waals surface area contributed by atoms with Crippen molar-refractivity contribution in [2.45, 2.75) is 26.5 Å². The summed E-state index contributed by atoms with van der Waals surface area (Å²) < 4.78 is 10.7. The monoisotopic (exact) mass is 485 g/mol. The quantitative estimate of drug-likeness (QED) is 0.358. The first-order valence-electron chi connectivity index (χ1n) is 11.1. The van der Waals surface area contributed by atoms with Crippen molar-refractivity contribution >= 4 is 28.9 Å². The Labute approximate surface area is 207 Å². The van der Waals surface area contributed by atoms with E-state index in [2.05, 4.69) is 4.98 Å². The highest BCUT2D eigenvalue weighted by atomic mass is 32.1. The summed E-state index contributed by atoms with van der Waals surface area (Å²) in [5.41, 5.74) is 4.62. The molecule has 3 heterocycles. The number of rotatable bonds is 5. The summed E-state index contributed by atoms with van der Waals surface area (Å²) >= 11 is 1.59. The minimum absolute atomic E-state index is 0.129. The predicted molar refractivity (Wildman–Crippen MR) is 135 cm³/mol. The molecule has 1 aliphatic heterocycles. The maximum Gasteiger partial charge on any atom is 0.337 e. The van der Waals surface area contributed by atoms with Crippen LogP contribution in [0.25, 0.3) is 22.0 Å². The van der Waals surface area contributed by atoms with Gasteiger partial charge in [-0.2, -0.15) is 0 Å². The molecule has 5 rings (SSSR count). The van der Waals surface area contributed by atoms with Gasteiger partial charge in [-0.1, -0.05) is 18.2 Å². The van der Waals surface area contributed by atoms with Gasteiger partial charge in [0.1, 0.15) is 10.8 Å². The molecule has 0 aliphatic carbocycles. The van der Waals surface area contributed by atoms with Gasteiger partial charge in [-0.05, 0) is 61.9 Å². The van der Waals surface area contributed by atoms with E-state index in [1.54, 1.807) is 41.5 Å². The van der Waals surface area contributed by atoms with Crippen LogP contribution in [-0.4, -0.2) is 35.1 Å². The number of carbonyl (C=O) groups is 2. The van der Waals surface area contributed by atoms with E-state index in [0.29, 0.717) is 23.5 Å². The van der Waals surface area contributed by atoms with Crippen molar-refractivity contribution in [3.8, 4) is 27.7 Å². The normalized spacial score (nSPS) is 14.9. The Morgan fingerprint density at radius 3 is 2.66 bits per heavy atom. The Balaban J connectivity index is 1.49. The number of pyridine rings is 1. The first kappa shape index (κ1) is 22.7.